The predicted molar refractivity (Wildman–Crippen MR) is 114 cm³/mol. The molecular formula is C23H29N3O4. The number of benzene rings is 2. The van der Waals surface area contributed by atoms with Crippen molar-refractivity contribution in [1.29, 1.82) is 0 Å². The predicted octanol–water partition coefficient (Wildman–Crippen LogP) is 2.42. The van der Waals surface area contributed by atoms with Crippen LogP contribution in [0.25, 0.3) is 0 Å². The molecule has 1 heterocycles. The molecule has 2 aromatic carbocycles. The first kappa shape index (κ1) is 21.8. The van der Waals surface area contributed by atoms with Crippen LogP contribution in [-0.4, -0.2) is 66.2 Å². The number of amides is 2. The van der Waals surface area contributed by atoms with Crippen molar-refractivity contribution >= 4 is 12.0 Å². The van der Waals surface area contributed by atoms with Gasteiger partial charge in [0, 0.05) is 44.8 Å². The fourth-order valence-corrected chi connectivity index (χ4v) is 3.50. The van der Waals surface area contributed by atoms with Crippen LogP contribution < -0.4 is 5.32 Å². The molecular weight excluding hydrogens is 382 g/mol. The normalized spacial score (nSPS) is 15.5. The van der Waals surface area contributed by atoms with Gasteiger partial charge in [0.15, 0.2) is 0 Å². The average Bonchev–Trinajstić information content (AvgIpc) is 2.79. The van der Waals surface area contributed by atoms with E-state index in [0.29, 0.717) is 31.8 Å². The lowest BCUT2D eigenvalue weighted by atomic mass is 10.1. The van der Waals surface area contributed by atoms with Crippen molar-refractivity contribution in [2.75, 3.05) is 39.3 Å². The minimum Gasteiger partial charge on any atom is -0.450 e. The molecule has 7 nitrogen and oxygen atoms in total. The fraction of sp³-hybridized carbons (Fsp3) is 0.391. The Kier molecular flexibility index (Phi) is 7.82. The molecule has 160 valence electrons. The Morgan fingerprint density at radius 1 is 1.03 bits per heavy atom. The lowest BCUT2D eigenvalue weighted by molar-refractivity contribution is 0.0776. The molecule has 1 unspecified atom stereocenters. The maximum absolute atomic E-state index is 12.7. The minimum atomic E-state index is -0.752. The number of nitrogens with one attached hydrogen (secondary N) is 1. The number of rotatable bonds is 7. The zero-order valence-corrected chi connectivity index (χ0v) is 17.3. The van der Waals surface area contributed by atoms with Gasteiger partial charge >= 0.3 is 6.09 Å². The number of nitrogens with zero attached hydrogens (tertiary/aromatic N) is 2. The van der Waals surface area contributed by atoms with Gasteiger partial charge in [-0.3, -0.25) is 9.69 Å². The van der Waals surface area contributed by atoms with Gasteiger partial charge < -0.3 is 20.1 Å². The van der Waals surface area contributed by atoms with Crippen LogP contribution in [0.15, 0.2) is 54.6 Å². The molecule has 0 spiro atoms. The first-order valence-corrected chi connectivity index (χ1v) is 10.3. The van der Waals surface area contributed by atoms with Gasteiger partial charge in [-0.15, -0.1) is 0 Å². The number of carbonyl (C=O) groups is 2. The standard InChI is InChI=1S/C23H29N3O4/c1-2-30-23(29)26-14-12-25(13-15-26)17-19-10-6-7-11-20(19)22(28)24-16-21(27)18-8-4-3-5-9-18/h3-11,21,27H,2,12-17H2,1H3,(H,24,28). The molecule has 3 rings (SSSR count). The van der Waals surface area contributed by atoms with Crippen molar-refractivity contribution in [1.82, 2.24) is 15.1 Å². The van der Waals surface area contributed by atoms with Crippen molar-refractivity contribution in [3.63, 3.8) is 0 Å². The first-order valence-electron chi connectivity index (χ1n) is 10.3. The molecule has 1 atom stereocenters. The van der Waals surface area contributed by atoms with Crippen LogP contribution in [0.3, 0.4) is 0 Å². The second-order valence-corrected chi connectivity index (χ2v) is 7.26. The van der Waals surface area contributed by atoms with Crippen LogP contribution in [0.4, 0.5) is 4.79 Å². The highest BCUT2D eigenvalue weighted by Crippen LogP contribution is 2.15. The molecule has 2 N–H and O–H groups in total. The van der Waals surface area contributed by atoms with Crippen molar-refractivity contribution in [3.05, 3.63) is 71.3 Å². The number of carbonyl (C=O) groups excluding carboxylic acids is 2. The molecule has 2 amide bonds. The molecule has 2 aromatic rings. The van der Waals surface area contributed by atoms with E-state index in [9.17, 15) is 14.7 Å². The molecule has 0 aliphatic carbocycles. The maximum atomic E-state index is 12.7. The van der Waals surface area contributed by atoms with E-state index in [4.69, 9.17) is 4.74 Å². The van der Waals surface area contributed by atoms with E-state index in [0.717, 1.165) is 24.2 Å². The van der Waals surface area contributed by atoms with Crippen molar-refractivity contribution in [2.24, 2.45) is 0 Å². The Morgan fingerprint density at radius 3 is 2.40 bits per heavy atom. The van der Waals surface area contributed by atoms with Crippen molar-refractivity contribution < 1.29 is 19.4 Å². The topological polar surface area (TPSA) is 82.1 Å². The monoisotopic (exact) mass is 411 g/mol. The van der Waals surface area contributed by atoms with Gasteiger partial charge in [-0.25, -0.2) is 4.79 Å². The zero-order valence-electron chi connectivity index (χ0n) is 17.3. The highest BCUT2D eigenvalue weighted by molar-refractivity contribution is 5.95. The number of aliphatic hydroxyl groups excluding tert-OH is 1. The molecule has 0 bridgehead atoms. The van der Waals surface area contributed by atoms with E-state index < -0.39 is 6.10 Å². The summed E-state index contributed by atoms with van der Waals surface area (Å²) in [6.45, 7) is 5.61. The van der Waals surface area contributed by atoms with Crippen molar-refractivity contribution in [2.45, 2.75) is 19.6 Å². The Balaban J connectivity index is 1.55. The van der Waals surface area contributed by atoms with Crippen LogP contribution in [0.1, 0.15) is 34.5 Å². The van der Waals surface area contributed by atoms with Crippen LogP contribution in [0.5, 0.6) is 0 Å². The summed E-state index contributed by atoms with van der Waals surface area (Å²) in [6, 6.07) is 16.8. The number of piperazine rings is 1. The molecule has 30 heavy (non-hydrogen) atoms. The summed E-state index contributed by atoms with van der Waals surface area (Å²) >= 11 is 0. The van der Waals surface area contributed by atoms with Crippen LogP contribution in [0.2, 0.25) is 0 Å². The van der Waals surface area contributed by atoms with Gasteiger partial charge in [-0.2, -0.15) is 0 Å². The molecule has 0 saturated carbocycles. The van der Waals surface area contributed by atoms with E-state index in [2.05, 4.69) is 10.2 Å². The van der Waals surface area contributed by atoms with E-state index >= 15 is 0 Å². The summed E-state index contributed by atoms with van der Waals surface area (Å²) in [5.74, 6) is -0.203. The van der Waals surface area contributed by atoms with Gasteiger partial charge in [0.05, 0.1) is 12.7 Å². The van der Waals surface area contributed by atoms with E-state index in [1.807, 2.05) is 48.5 Å². The van der Waals surface area contributed by atoms with Crippen LogP contribution in [-0.2, 0) is 11.3 Å². The molecule has 1 saturated heterocycles. The van der Waals surface area contributed by atoms with Gasteiger partial charge in [0.25, 0.3) is 5.91 Å². The molecule has 1 fully saturated rings. The summed E-state index contributed by atoms with van der Waals surface area (Å²) in [4.78, 5) is 28.5. The number of ether oxygens (including phenoxy) is 1. The molecule has 1 aliphatic rings. The van der Waals surface area contributed by atoms with Gasteiger partial charge in [-0.05, 0) is 24.1 Å². The number of hydrogen-bond donors (Lipinski definition) is 2. The highest BCUT2D eigenvalue weighted by atomic mass is 16.6. The summed E-state index contributed by atoms with van der Waals surface area (Å²) < 4.78 is 5.06. The number of aliphatic hydroxyl groups is 1. The van der Waals surface area contributed by atoms with E-state index in [1.54, 1.807) is 17.9 Å². The largest absolute Gasteiger partial charge is 0.450 e. The third-order valence-corrected chi connectivity index (χ3v) is 5.19. The zero-order chi connectivity index (χ0) is 21.3. The lowest BCUT2D eigenvalue weighted by Gasteiger charge is -2.34. The second kappa shape index (κ2) is 10.8. The van der Waals surface area contributed by atoms with E-state index in [1.165, 1.54) is 0 Å². The van der Waals surface area contributed by atoms with E-state index in [-0.39, 0.29) is 18.5 Å². The number of hydrogen-bond acceptors (Lipinski definition) is 5. The van der Waals surface area contributed by atoms with Gasteiger partial charge in [0.1, 0.15) is 0 Å². The summed E-state index contributed by atoms with van der Waals surface area (Å²) in [6.07, 6.45) is -1.02. The molecule has 7 heteroatoms. The first-order chi connectivity index (χ1) is 14.6. The fourth-order valence-electron chi connectivity index (χ4n) is 3.50. The summed E-state index contributed by atoms with van der Waals surface area (Å²) in [5.41, 5.74) is 2.30. The SMILES string of the molecule is CCOC(=O)N1CCN(Cc2ccccc2C(=O)NCC(O)c2ccccc2)CC1. The highest BCUT2D eigenvalue weighted by Gasteiger charge is 2.23. The Bertz CT molecular complexity index is 835. The molecule has 0 radical (unpaired) electrons. The third-order valence-electron chi connectivity index (χ3n) is 5.19. The third kappa shape index (κ3) is 5.81. The van der Waals surface area contributed by atoms with Crippen molar-refractivity contribution in [3.8, 4) is 0 Å². The lowest BCUT2D eigenvalue weighted by Crippen LogP contribution is -2.48. The second-order valence-electron chi connectivity index (χ2n) is 7.26. The Hall–Kier alpha value is -2.90. The average molecular weight is 412 g/mol. The van der Waals surface area contributed by atoms with Crippen LogP contribution >= 0.6 is 0 Å². The summed E-state index contributed by atoms with van der Waals surface area (Å²) in [7, 11) is 0. The quantitative estimate of drug-likeness (QED) is 0.731. The minimum absolute atomic E-state index is 0.148. The molecule has 0 aromatic heterocycles. The Morgan fingerprint density at radius 2 is 1.70 bits per heavy atom. The van der Waals surface area contributed by atoms with Gasteiger partial charge in [0.2, 0.25) is 0 Å². The molecule has 1 aliphatic heterocycles. The summed E-state index contributed by atoms with van der Waals surface area (Å²) in [5, 5.41) is 13.1. The van der Waals surface area contributed by atoms with Gasteiger partial charge in [-0.1, -0.05) is 48.5 Å². The Labute approximate surface area is 177 Å². The smallest absolute Gasteiger partial charge is 0.409 e. The van der Waals surface area contributed by atoms with Crippen LogP contribution in [0, 0.1) is 0 Å². The maximum Gasteiger partial charge on any atom is 0.409 e.